The molecule has 6 N–H and O–H groups in total. The van der Waals surface area contributed by atoms with Gasteiger partial charge in [-0.05, 0) is 35.4 Å². The Kier molecular flexibility index (Phi) is 13.4. The van der Waals surface area contributed by atoms with Crippen molar-refractivity contribution in [2.45, 2.75) is 30.7 Å². The second-order valence-corrected chi connectivity index (χ2v) is 15.8. The van der Waals surface area contributed by atoms with Crippen molar-refractivity contribution in [2.24, 2.45) is 0 Å². The van der Waals surface area contributed by atoms with E-state index in [-0.39, 0.29) is 16.9 Å². The predicted octanol–water partition coefficient (Wildman–Crippen LogP) is -1.29. The van der Waals surface area contributed by atoms with Gasteiger partial charge in [0, 0.05) is 6.07 Å². The lowest BCUT2D eigenvalue weighted by Gasteiger charge is -2.42. The lowest BCUT2D eigenvalue weighted by atomic mass is 9.99. The van der Waals surface area contributed by atoms with Crippen LogP contribution in [-0.4, -0.2) is 115 Å². The van der Waals surface area contributed by atoms with Crippen LogP contribution in [0, 0.1) is 0 Å². The maximum atomic E-state index is 11.7. The standard InChI is InChI=1S/C20H22O26S6/c21-47(22,23)39-10-16-17(44-50(30,31)32)18(45-51(33,34)35)19(46-52(36,37)38)20(41-16)40-14-7-12(8-15(9-14)43-49(27,28)29)2-1-11-3-5-13(6-4-11)42-48(24,25)26/h1-9,16-20H,10H2,(H,21,22,23)(H,24,25,26)(H,27,28,29)(H,30,31,32)(H,33,34,35)(H,36,37,38)/b2-1+/t16-,17-,18+,19-,20-/m1/s1. The summed E-state index contributed by atoms with van der Waals surface area (Å²) in [6, 6.07) is 7.21. The third-order valence-electron chi connectivity index (χ3n) is 5.58. The Labute approximate surface area is 294 Å². The maximum absolute atomic E-state index is 11.7. The molecule has 0 aliphatic carbocycles. The molecule has 294 valence electrons. The molecule has 0 radical (unpaired) electrons. The molecule has 0 saturated carbocycles. The van der Waals surface area contributed by atoms with E-state index in [9.17, 15) is 68.7 Å². The summed E-state index contributed by atoms with van der Waals surface area (Å²) in [5.41, 5.74) is 0.141. The van der Waals surface area contributed by atoms with Gasteiger partial charge in [0.15, 0.2) is 6.10 Å². The van der Waals surface area contributed by atoms with E-state index in [1.165, 1.54) is 24.3 Å². The molecule has 1 heterocycles. The SMILES string of the molecule is O=S(=O)(O)OC[C@H]1O[C@@H](Oc2cc(/C=C/c3ccc(OS(=O)(=O)O)cc3)cc(OS(=O)(=O)O)c2)[C@H](OS(=O)(=O)O)[C@@H](OS(=O)(=O)O)[C@@H]1OS(=O)(=O)O. The molecule has 1 aliphatic rings. The fourth-order valence-electron chi connectivity index (χ4n) is 4.02. The minimum atomic E-state index is -5.85. The maximum Gasteiger partial charge on any atom is 0.446 e. The van der Waals surface area contributed by atoms with Crippen molar-refractivity contribution in [3.8, 4) is 17.2 Å². The molecule has 52 heavy (non-hydrogen) atoms. The summed E-state index contributed by atoms with van der Waals surface area (Å²) in [5.74, 6) is -1.82. The molecule has 2 aromatic rings. The van der Waals surface area contributed by atoms with Crippen molar-refractivity contribution < 1.29 is 112 Å². The summed E-state index contributed by atoms with van der Waals surface area (Å²) in [5, 5.41) is 0. The molecule has 0 amide bonds. The second-order valence-electron chi connectivity index (χ2n) is 9.50. The fraction of sp³-hybridized carbons (Fsp3) is 0.300. The second kappa shape index (κ2) is 16.1. The Hall–Kier alpha value is -3.16. The van der Waals surface area contributed by atoms with Crippen LogP contribution in [0.25, 0.3) is 12.2 Å². The normalized spacial score (nSPS) is 22.2. The number of ether oxygens (including phenoxy) is 2. The third-order valence-corrected chi connectivity index (χ3v) is 8.21. The summed E-state index contributed by atoms with van der Waals surface area (Å²) in [7, 11) is -33.0. The first kappa shape index (κ1) is 43.2. The minimum absolute atomic E-state index is 0.137. The summed E-state index contributed by atoms with van der Waals surface area (Å²) in [6.07, 6.45) is -11.2. The highest BCUT2D eigenvalue weighted by atomic mass is 32.3. The van der Waals surface area contributed by atoms with Gasteiger partial charge >= 0.3 is 62.4 Å². The summed E-state index contributed by atoms with van der Waals surface area (Å²) in [4.78, 5) is 0. The van der Waals surface area contributed by atoms with Crippen LogP contribution in [-0.2, 0) is 83.9 Å². The fourth-order valence-corrected chi connectivity index (χ4v) is 6.52. The van der Waals surface area contributed by atoms with Gasteiger partial charge in [-0.3, -0.25) is 27.3 Å². The molecule has 1 fully saturated rings. The van der Waals surface area contributed by atoms with Gasteiger partial charge in [-0.2, -0.15) is 50.5 Å². The van der Waals surface area contributed by atoms with Crippen molar-refractivity contribution in [1.82, 2.24) is 0 Å². The average molecular weight is 871 g/mol. The lowest BCUT2D eigenvalue weighted by Crippen LogP contribution is -2.63. The van der Waals surface area contributed by atoms with E-state index in [1.54, 1.807) is 0 Å². The van der Waals surface area contributed by atoms with Crippen LogP contribution in [0.3, 0.4) is 0 Å². The van der Waals surface area contributed by atoms with Gasteiger partial charge < -0.3 is 17.8 Å². The zero-order chi connectivity index (χ0) is 39.5. The topological polar surface area (TPSA) is 400 Å². The first-order valence-corrected chi connectivity index (χ1v) is 20.8. The zero-order valence-electron chi connectivity index (χ0n) is 24.6. The van der Waals surface area contributed by atoms with Crippen molar-refractivity contribution in [3.05, 3.63) is 53.6 Å². The average Bonchev–Trinajstić information content (AvgIpc) is 2.90. The van der Waals surface area contributed by atoms with Crippen LogP contribution >= 0.6 is 0 Å². The minimum Gasteiger partial charge on any atom is -0.462 e. The van der Waals surface area contributed by atoms with Crippen molar-refractivity contribution in [3.63, 3.8) is 0 Å². The van der Waals surface area contributed by atoms with Gasteiger partial charge in [-0.15, -0.1) is 0 Å². The number of benzene rings is 2. The van der Waals surface area contributed by atoms with Gasteiger partial charge in [0.2, 0.25) is 6.29 Å². The van der Waals surface area contributed by atoms with Crippen molar-refractivity contribution in [2.75, 3.05) is 6.61 Å². The highest BCUT2D eigenvalue weighted by Gasteiger charge is 2.55. The number of hydrogen-bond donors (Lipinski definition) is 6. The van der Waals surface area contributed by atoms with Crippen LogP contribution in [0.5, 0.6) is 17.2 Å². The lowest BCUT2D eigenvalue weighted by molar-refractivity contribution is -0.260. The van der Waals surface area contributed by atoms with Gasteiger partial charge in [0.1, 0.15) is 35.6 Å². The zero-order valence-corrected chi connectivity index (χ0v) is 29.5. The van der Waals surface area contributed by atoms with Crippen molar-refractivity contribution >= 4 is 74.5 Å². The van der Waals surface area contributed by atoms with E-state index in [0.717, 1.165) is 24.3 Å². The van der Waals surface area contributed by atoms with E-state index >= 15 is 0 Å². The molecule has 0 spiro atoms. The smallest absolute Gasteiger partial charge is 0.446 e. The van der Waals surface area contributed by atoms with Crippen LogP contribution in [0.4, 0.5) is 0 Å². The predicted molar refractivity (Wildman–Crippen MR) is 162 cm³/mol. The van der Waals surface area contributed by atoms with Crippen LogP contribution in [0.2, 0.25) is 0 Å². The monoisotopic (exact) mass is 870 g/mol. The van der Waals surface area contributed by atoms with Crippen LogP contribution in [0.1, 0.15) is 11.1 Å². The van der Waals surface area contributed by atoms with E-state index in [2.05, 4.69) is 25.1 Å². The third kappa shape index (κ3) is 15.8. The Morgan fingerprint density at radius 1 is 0.519 bits per heavy atom. The molecular weight excluding hydrogens is 849 g/mol. The number of rotatable bonds is 17. The molecule has 26 nitrogen and oxygen atoms in total. The largest absolute Gasteiger partial charge is 0.462 e. The Morgan fingerprint density at radius 3 is 1.48 bits per heavy atom. The highest BCUT2D eigenvalue weighted by Crippen LogP contribution is 2.34. The van der Waals surface area contributed by atoms with Crippen molar-refractivity contribution in [1.29, 1.82) is 0 Å². The van der Waals surface area contributed by atoms with Gasteiger partial charge in [-0.1, -0.05) is 24.3 Å². The van der Waals surface area contributed by atoms with Gasteiger partial charge in [-0.25, -0.2) is 16.7 Å². The Morgan fingerprint density at radius 2 is 0.981 bits per heavy atom. The summed E-state index contributed by atoms with van der Waals surface area (Å²) in [6.45, 7) is -1.59. The van der Waals surface area contributed by atoms with E-state index < -0.39 is 111 Å². The molecule has 0 aromatic heterocycles. The van der Waals surface area contributed by atoms with Crippen LogP contribution in [0.15, 0.2) is 42.5 Å². The van der Waals surface area contributed by atoms with E-state index in [4.69, 9.17) is 18.6 Å². The Balaban J connectivity index is 2.15. The Bertz CT molecular complexity index is 2300. The van der Waals surface area contributed by atoms with Gasteiger partial charge in [0.05, 0.1) is 6.61 Å². The molecule has 3 rings (SSSR count). The summed E-state index contributed by atoms with van der Waals surface area (Å²) < 4.78 is 228. The van der Waals surface area contributed by atoms with Gasteiger partial charge in [0.25, 0.3) is 0 Å². The van der Waals surface area contributed by atoms with Crippen LogP contribution < -0.4 is 13.1 Å². The highest BCUT2D eigenvalue weighted by molar-refractivity contribution is 7.82. The van der Waals surface area contributed by atoms with E-state index in [1.807, 2.05) is 0 Å². The molecule has 0 bridgehead atoms. The number of hydrogen-bond acceptors (Lipinski definition) is 20. The first-order chi connectivity index (χ1) is 23.4. The quantitative estimate of drug-likeness (QED) is 0.0795. The molecule has 5 atom stereocenters. The molecule has 1 aliphatic heterocycles. The molecule has 1 saturated heterocycles. The molecule has 32 heteroatoms. The van der Waals surface area contributed by atoms with E-state index in [0.29, 0.717) is 6.07 Å². The molecule has 0 unspecified atom stereocenters. The first-order valence-electron chi connectivity index (χ1n) is 12.6. The molecular formula is C20H22O26S6. The molecule has 2 aromatic carbocycles. The summed E-state index contributed by atoms with van der Waals surface area (Å²) >= 11 is 0.